The fourth-order valence-corrected chi connectivity index (χ4v) is 3.09. The molecule has 1 aliphatic rings. The van der Waals surface area contributed by atoms with E-state index < -0.39 is 0 Å². The summed E-state index contributed by atoms with van der Waals surface area (Å²) in [6.45, 7) is 4.33. The van der Waals surface area contributed by atoms with E-state index in [1.165, 1.54) is 18.5 Å². The Morgan fingerprint density at radius 2 is 1.65 bits per heavy atom. The molecule has 0 aromatic heterocycles. The molecule has 26 heavy (non-hydrogen) atoms. The van der Waals surface area contributed by atoms with Crippen LogP contribution in [-0.4, -0.2) is 31.6 Å². The molecule has 5 heteroatoms. The monoisotopic (exact) mass is 352 g/mol. The van der Waals surface area contributed by atoms with Gasteiger partial charge in [0.1, 0.15) is 0 Å². The highest BCUT2D eigenvalue weighted by Gasteiger charge is 2.12. The van der Waals surface area contributed by atoms with Crippen LogP contribution in [-0.2, 0) is 16.0 Å². The highest BCUT2D eigenvalue weighted by molar-refractivity contribution is 5.94. The molecule has 2 aromatic rings. The van der Waals surface area contributed by atoms with Gasteiger partial charge in [0.05, 0.1) is 18.6 Å². The Bertz CT molecular complexity index is 748. The van der Waals surface area contributed by atoms with Gasteiger partial charge in [-0.25, -0.2) is 4.79 Å². The highest BCUT2D eigenvalue weighted by atomic mass is 16.5. The van der Waals surface area contributed by atoms with E-state index >= 15 is 0 Å². The Morgan fingerprint density at radius 1 is 1.00 bits per heavy atom. The first-order valence-electron chi connectivity index (χ1n) is 9.06. The first kappa shape index (κ1) is 18.0. The number of amides is 1. The molecule has 0 spiro atoms. The molecule has 0 unspecified atom stereocenters. The van der Waals surface area contributed by atoms with Crippen LogP contribution in [0.1, 0.15) is 35.7 Å². The summed E-state index contributed by atoms with van der Waals surface area (Å²) >= 11 is 0. The van der Waals surface area contributed by atoms with Gasteiger partial charge in [-0.3, -0.25) is 4.79 Å². The molecule has 1 fully saturated rings. The first-order chi connectivity index (χ1) is 12.7. The van der Waals surface area contributed by atoms with Crippen molar-refractivity contribution in [2.24, 2.45) is 0 Å². The summed E-state index contributed by atoms with van der Waals surface area (Å²) in [5.74, 6) is -0.439. The third-order valence-electron chi connectivity index (χ3n) is 4.45. The number of carbonyl (C=O) groups excluding carboxylic acids is 2. The van der Waals surface area contributed by atoms with E-state index in [-0.39, 0.29) is 11.9 Å². The van der Waals surface area contributed by atoms with Crippen LogP contribution in [0.4, 0.5) is 11.4 Å². The Hall–Kier alpha value is -2.82. The topological polar surface area (TPSA) is 58.6 Å². The SMILES string of the molecule is CCOC(=O)c1ccc(NC(=O)Cc2ccc(N3CCCC3)cc2)cc1. The molecule has 0 bridgehead atoms. The van der Waals surface area contributed by atoms with Crippen molar-refractivity contribution in [3.8, 4) is 0 Å². The minimum absolute atomic E-state index is 0.0807. The molecule has 136 valence electrons. The Balaban J connectivity index is 1.54. The lowest BCUT2D eigenvalue weighted by Crippen LogP contribution is -2.18. The van der Waals surface area contributed by atoms with Crippen LogP contribution < -0.4 is 10.2 Å². The summed E-state index contributed by atoms with van der Waals surface area (Å²) in [7, 11) is 0. The second kappa shape index (κ2) is 8.52. The summed E-state index contributed by atoms with van der Waals surface area (Å²) in [5.41, 5.74) is 3.34. The molecule has 0 atom stereocenters. The summed E-state index contributed by atoms with van der Waals surface area (Å²) < 4.78 is 4.94. The molecule has 2 aromatic carbocycles. The average Bonchev–Trinajstić information content (AvgIpc) is 3.18. The highest BCUT2D eigenvalue weighted by Crippen LogP contribution is 2.20. The molecule has 3 rings (SSSR count). The van der Waals surface area contributed by atoms with Crippen molar-refractivity contribution in [1.82, 2.24) is 0 Å². The maximum absolute atomic E-state index is 12.2. The number of hydrogen-bond donors (Lipinski definition) is 1. The van der Waals surface area contributed by atoms with Crippen LogP contribution in [0, 0.1) is 0 Å². The molecule has 5 nitrogen and oxygen atoms in total. The van der Waals surface area contributed by atoms with Gasteiger partial charge in [-0.05, 0) is 61.7 Å². The number of anilines is 2. The van der Waals surface area contributed by atoms with Crippen LogP contribution in [0.3, 0.4) is 0 Å². The lowest BCUT2D eigenvalue weighted by atomic mass is 10.1. The molecule has 0 aliphatic carbocycles. The van der Waals surface area contributed by atoms with E-state index in [1.807, 2.05) is 12.1 Å². The van der Waals surface area contributed by atoms with Crippen molar-refractivity contribution in [3.63, 3.8) is 0 Å². The zero-order chi connectivity index (χ0) is 18.4. The Labute approximate surface area is 154 Å². The van der Waals surface area contributed by atoms with E-state index in [4.69, 9.17) is 4.74 Å². The molecule has 1 aliphatic heterocycles. The minimum Gasteiger partial charge on any atom is -0.462 e. The second-order valence-electron chi connectivity index (χ2n) is 6.38. The summed E-state index contributed by atoms with van der Waals surface area (Å²) in [6, 6.07) is 14.9. The summed E-state index contributed by atoms with van der Waals surface area (Å²) in [5, 5.41) is 2.86. The van der Waals surface area contributed by atoms with Crippen LogP contribution >= 0.6 is 0 Å². The van der Waals surface area contributed by atoms with E-state index in [0.29, 0.717) is 24.3 Å². The average molecular weight is 352 g/mol. The molecular formula is C21H24N2O3. The van der Waals surface area contributed by atoms with Crippen molar-refractivity contribution in [2.45, 2.75) is 26.2 Å². The molecule has 0 radical (unpaired) electrons. The standard InChI is InChI=1S/C21H24N2O3/c1-2-26-21(25)17-7-9-18(10-8-17)22-20(24)15-16-5-11-19(12-6-16)23-13-3-4-14-23/h5-12H,2-4,13-15H2,1H3,(H,22,24). The Kier molecular flexibility index (Phi) is 5.89. The third-order valence-corrected chi connectivity index (χ3v) is 4.45. The zero-order valence-electron chi connectivity index (χ0n) is 15.0. The maximum atomic E-state index is 12.2. The van der Waals surface area contributed by atoms with Crippen molar-refractivity contribution in [3.05, 3.63) is 59.7 Å². The minimum atomic E-state index is -0.358. The summed E-state index contributed by atoms with van der Waals surface area (Å²) in [6.07, 6.45) is 2.82. The van der Waals surface area contributed by atoms with Crippen molar-refractivity contribution in [1.29, 1.82) is 0 Å². The van der Waals surface area contributed by atoms with Gasteiger partial charge in [-0.2, -0.15) is 0 Å². The number of benzene rings is 2. The number of carbonyl (C=O) groups is 2. The van der Waals surface area contributed by atoms with Gasteiger partial charge in [0.15, 0.2) is 0 Å². The Morgan fingerprint density at radius 3 is 2.27 bits per heavy atom. The number of rotatable bonds is 6. The van der Waals surface area contributed by atoms with Crippen LogP contribution in [0.15, 0.2) is 48.5 Å². The summed E-state index contributed by atoms with van der Waals surface area (Å²) in [4.78, 5) is 26.2. The predicted octanol–water partition coefficient (Wildman–Crippen LogP) is 3.64. The van der Waals surface area contributed by atoms with Gasteiger partial charge in [0.2, 0.25) is 5.91 Å². The predicted molar refractivity (Wildman–Crippen MR) is 103 cm³/mol. The van der Waals surface area contributed by atoms with Crippen molar-refractivity contribution in [2.75, 3.05) is 29.9 Å². The van der Waals surface area contributed by atoms with Gasteiger partial charge in [0, 0.05) is 24.5 Å². The van der Waals surface area contributed by atoms with E-state index in [0.717, 1.165) is 18.7 Å². The molecule has 0 saturated carbocycles. The van der Waals surface area contributed by atoms with Crippen LogP contribution in [0.2, 0.25) is 0 Å². The zero-order valence-corrected chi connectivity index (χ0v) is 15.0. The van der Waals surface area contributed by atoms with Gasteiger partial charge < -0.3 is 15.0 Å². The normalized spacial score (nSPS) is 13.5. The van der Waals surface area contributed by atoms with Crippen LogP contribution in [0.25, 0.3) is 0 Å². The second-order valence-corrected chi connectivity index (χ2v) is 6.38. The van der Waals surface area contributed by atoms with Gasteiger partial charge in [0.25, 0.3) is 0 Å². The first-order valence-corrected chi connectivity index (χ1v) is 9.06. The van der Waals surface area contributed by atoms with E-state index in [1.54, 1.807) is 31.2 Å². The number of hydrogen-bond acceptors (Lipinski definition) is 4. The number of nitrogens with zero attached hydrogens (tertiary/aromatic N) is 1. The quantitative estimate of drug-likeness (QED) is 0.807. The van der Waals surface area contributed by atoms with Gasteiger partial charge in [-0.1, -0.05) is 12.1 Å². The van der Waals surface area contributed by atoms with E-state index in [9.17, 15) is 9.59 Å². The van der Waals surface area contributed by atoms with E-state index in [2.05, 4.69) is 22.3 Å². The molecule has 1 N–H and O–H groups in total. The molecule has 1 heterocycles. The largest absolute Gasteiger partial charge is 0.462 e. The van der Waals surface area contributed by atoms with Crippen molar-refractivity contribution >= 4 is 23.3 Å². The maximum Gasteiger partial charge on any atom is 0.338 e. The van der Waals surface area contributed by atoms with Crippen molar-refractivity contribution < 1.29 is 14.3 Å². The lowest BCUT2D eigenvalue weighted by Gasteiger charge is -2.17. The molecule has 1 saturated heterocycles. The van der Waals surface area contributed by atoms with Crippen LogP contribution in [0.5, 0.6) is 0 Å². The fraction of sp³-hybridized carbons (Fsp3) is 0.333. The number of esters is 1. The van der Waals surface area contributed by atoms with Gasteiger partial charge in [-0.15, -0.1) is 0 Å². The smallest absolute Gasteiger partial charge is 0.338 e. The van der Waals surface area contributed by atoms with Gasteiger partial charge >= 0.3 is 5.97 Å². The number of nitrogens with one attached hydrogen (secondary N) is 1. The molecule has 1 amide bonds. The fourth-order valence-electron chi connectivity index (χ4n) is 3.09. The number of ether oxygens (including phenoxy) is 1. The third kappa shape index (κ3) is 4.63. The lowest BCUT2D eigenvalue weighted by molar-refractivity contribution is -0.115. The molecular weight excluding hydrogens is 328 g/mol.